The van der Waals surface area contributed by atoms with Crippen molar-refractivity contribution in [3.8, 4) is 0 Å². The molecular formula is C14H16F3N3. The van der Waals surface area contributed by atoms with Crippen LogP contribution in [0.25, 0.3) is 0 Å². The molecule has 0 spiro atoms. The number of hydrogen-bond acceptors (Lipinski definition) is 2. The lowest BCUT2D eigenvalue weighted by Crippen LogP contribution is -2.35. The van der Waals surface area contributed by atoms with Crippen molar-refractivity contribution < 1.29 is 13.2 Å². The number of rotatable bonds is 4. The molecule has 2 aromatic rings. The molecule has 0 aliphatic heterocycles. The fourth-order valence-corrected chi connectivity index (χ4v) is 2.22. The molecule has 1 aromatic heterocycles. The molecule has 0 amide bonds. The molecule has 0 saturated carbocycles. The van der Waals surface area contributed by atoms with Crippen molar-refractivity contribution in [2.75, 3.05) is 7.05 Å². The minimum Gasteiger partial charge on any atom is -0.286 e. The molecule has 0 N–H and O–H groups in total. The van der Waals surface area contributed by atoms with Gasteiger partial charge >= 0.3 is 6.18 Å². The van der Waals surface area contributed by atoms with Crippen molar-refractivity contribution in [3.63, 3.8) is 0 Å². The molecular weight excluding hydrogens is 267 g/mol. The van der Waals surface area contributed by atoms with E-state index < -0.39 is 12.2 Å². The molecule has 0 bridgehead atoms. The summed E-state index contributed by atoms with van der Waals surface area (Å²) < 4.78 is 41.5. The molecule has 20 heavy (non-hydrogen) atoms. The fraction of sp³-hybridized carbons (Fsp3) is 0.357. The molecule has 1 aromatic carbocycles. The first-order valence-corrected chi connectivity index (χ1v) is 6.18. The third kappa shape index (κ3) is 3.39. The van der Waals surface area contributed by atoms with Crippen LogP contribution >= 0.6 is 0 Å². The van der Waals surface area contributed by atoms with Gasteiger partial charge in [-0.3, -0.25) is 9.58 Å². The van der Waals surface area contributed by atoms with E-state index in [1.165, 1.54) is 24.1 Å². The summed E-state index contributed by atoms with van der Waals surface area (Å²) in [5, 5.41) is 4.12. The van der Waals surface area contributed by atoms with Gasteiger partial charge in [-0.1, -0.05) is 30.3 Å². The monoisotopic (exact) mass is 283 g/mol. The van der Waals surface area contributed by atoms with E-state index in [4.69, 9.17) is 0 Å². The smallest absolute Gasteiger partial charge is 0.286 e. The third-order valence-corrected chi connectivity index (χ3v) is 3.05. The molecule has 0 aliphatic rings. The highest BCUT2D eigenvalue weighted by molar-refractivity contribution is 5.20. The van der Waals surface area contributed by atoms with E-state index in [1.54, 1.807) is 42.2 Å². The van der Waals surface area contributed by atoms with Crippen LogP contribution in [0.3, 0.4) is 0 Å². The summed E-state index contributed by atoms with van der Waals surface area (Å²) in [6, 6.07) is 8.00. The Hall–Kier alpha value is -1.82. The maximum atomic E-state index is 13.3. The van der Waals surface area contributed by atoms with Crippen LogP contribution in [0.15, 0.2) is 42.6 Å². The summed E-state index contributed by atoms with van der Waals surface area (Å²) in [6.07, 6.45) is -2.61. The first-order chi connectivity index (χ1) is 9.38. The summed E-state index contributed by atoms with van der Waals surface area (Å²) in [6.45, 7) is 0.139. The lowest BCUT2D eigenvalue weighted by atomic mass is 10.1. The van der Waals surface area contributed by atoms with E-state index in [0.717, 1.165) is 0 Å². The van der Waals surface area contributed by atoms with Crippen LogP contribution in [-0.2, 0) is 13.6 Å². The van der Waals surface area contributed by atoms with Gasteiger partial charge in [-0.15, -0.1) is 0 Å². The maximum absolute atomic E-state index is 13.3. The summed E-state index contributed by atoms with van der Waals surface area (Å²) in [5.41, 5.74) is 0.846. The first kappa shape index (κ1) is 14.6. The predicted octanol–water partition coefficient (Wildman–Crippen LogP) is 3.16. The van der Waals surface area contributed by atoms with Crippen LogP contribution in [0.2, 0.25) is 0 Å². The predicted molar refractivity (Wildman–Crippen MR) is 69.9 cm³/mol. The SMILES string of the molecule is CN(Cc1ccn(C)n1)C(c1ccccc1)C(F)(F)F. The van der Waals surface area contributed by atoms with Gasteiger partial charge < -0.3 is 0 Å². The van der Waals surface area contributed by atoms with Crippen molar-refractivity contribution in [1.29, 1.82) is 0 Å². The van der Waals surface area contributed by atoms with Gasteiger partial charge in [0.05, 0.1) is 5.69 Å². The van der Waals surface area contributed by atoms with Crippen LogP contribution in [0.1, 0.15) is 17.3 Å². The van der Waals surface area contributed by atoms with Gasteiger partial charge in [-0.05, 0) is 18.7 Å². The molecule has 3 nitrogen and oxygen atoms in total. The topological polar surface area (TPSA) is 21.1 Å². The van der Waals surface area contributed by atoms with Gasteiger partial charge in [0.2, 0.25) is 0 Å². The zero-order valence-corrected chi connectivity index (χ0v) is 11.3. The maximum Gasteiger partial charge on any atom is 0.408 e. The van der Waals surface area contributed by atoms with E-state index in [2.05, 4.69) is 5.10 Å². The van der Waals surface area contributed by atoms with Crippen LogP contribution in [0, 0.1) is 0 Å². The molecule has 108 valence electrons. The van der Waals surface area contributed by atoms with E-state index in [1.807, 2.05) is 0 Å². The average Bonchev–Trinajstić information content (AvgIpc) is 2.74. The van der Waals surface area contributed by atoms with Crippen molar-refractivity contribution in [1.82, 2.24) is 14.7 Å². The Morgan fingerprint density at radius 3 is 2.35 bits per heavy atom. The van der Waals surface area contributed by atoms with Gasteiger partial charge in [0.15, 0.2) is 0 Å². The third-order valence-electron chi connectivity index (χ3n) is 3.05. The Morgan fingerprint density at radius 1 is 1.20 bits per heavy atom. The Kier molecular flexibility index (Phi) is 4.13. The van der Waals surface area contributed by atoms with Crippen LogP contribution in [0.5, 0.6) is 0 Å². The van der Waals surface area contributed by atoms with E-state index in [0.29, 0.717) is 5.69 Å². The normalized spacial score (nSPS) is 13.7. The lowest BCUT2D eigenvalue weighted by Gasteiger charge is -2.29. The summed E-state index contributed by atoms with van der Waals surface area (Å²) in [5.74, 6) is 0. The number of hydrogen-bond donors (Lipinski definition) is 0. The highest BCUT2D eigenvalue weighted by atomic mass is 19.4. The Bertz CT molecular complexity index is 548. The minimum absolute atomic E-state index is 0.139. The second kappa shape index (κ2) is 5.66. The largest absolute Gasteiger partial charge is 0.408 e. The zero-order valence-electron chi connectivity index (χ0n) is 11.3. The number of alkyl halides is 3. The molecule has 0 fully saturated rings. The molecule has 1 atom stereocenters. The van der Waals surface area contributed by atoms with Crippen molar-refractivity contribution >= 4 is 0 Å². The Balaban J connectivity index is 2.23. The van der Waals surface area contributed by atoms with Gasteiger partial charge in [0.25, 0.3) is 0 Å². The Labute approximate surface area is 115 Å². The molecule has 1 heterocycles. The first-order valence-electron chi connectivity index (χ1n) is 6.18. The second-order valence-electron chi connectivity index (χ2n) is 4.75. The van der Waals surface area contributed by atoms with Crippen molar-refractivity contribution in [2.24, 2.45) is 7.05 Å². The highest BCUT2D eigenvalue weighted by Crippen LogP contribution is 2.37. The number of benzene rings is 1. The summed E-state index contributed by atoms with van der Waals surface area (Å²) in [7, 11) is 3.20. The van der Waals surface area contributed by atoms with Crippen molar-refractivity contribution in [3.05, 3.63) is 53.9 Å². The molecule has 1 unspecified atom stereocenters. The highest BCUT2D eigenvalue weighted by Gasteiger charge is 2.43. The minimum atomic E-state index is -4.33. The molecule has 0 saturated heterocycles. The van der Waals surface area contributed by atoms with Crippen LogP contribution in [0.4, 0.5) is 13.2 Å². The van der Waals surface area contributed by atoms with Gasteiger partial charge in [0.1, 0.15) is 6.04 Å². The molecule has 0 radical (unpaired) electrons. The van der Waals surface area contributed by atoms with Gasteiger partial charge in [0, 0.05) is 19.8 Å². The van der Waals surface area contributed by atoms with Crippen LogP contribution < -0.4 is 0 Å². The van der Waals surface area contributed by atoms with Gasteiger partial charge in [-0.2, -0.15) is 18.3 Å². The Morgan fingerprint density at radius 2 is 1.85 bits per heavy atom. The van der Waals surface area contributed by atoms with E-state index >= 15 is 0 Å². The van der Waals surface area contributed by atoms with Crippen molar-refractivity contribution in [2.45, 2.75) is 18.8 Å². The summed E-state index contributed by atoms with van der Waals surface area (Å²) >= 11 is 0. The zero-order chi connectivity index (χ0) is 14.8. The number of nitrogens with zero attached hydrogens (tertiary/aromatic N) is 3. The fourth-order valence-electron chi connectivity index (χ4n) is 2.22. The lowest BCUT2D eigenvalue weighted by molar-refractivity contribution is -0.184. The average molecular weight is 283 g/mol. The van der Waals surface area contributed by atoms with Gasteiger partial charge in [-0.25, -0.2) is 0 Å². The molecule has 2 rings (SSSR count). The number of aryl methyl sites for hydroxylation is 1. The number of halogens is 3. The standard InChI is InChI=1S/C14H16F3N3/c1-19(10-12-8-9-20(2)18-12)13(14(15,16)17)11-6-4-3-5-7-11/h3-9,13H,10H2,1-2H3. The van der Waals surface area contributed by atoms with Crippen LogP contribution in [-0.4, -0.2) is 27.9 Å². The van der Waals surface area contributed by atoms with E-state index in [-0.39, 0.29) is 12.1 Å². The quantitative estimate of drug-likeness (QED) is 0.859. The second-order valence-corrected chi connectivity index (χ2v) is 4.75. The summed E-state index contributed by atoms with van der Waals surface area (Å²) in [4.78, 5) is 1.26. The van der Waals surface area contributed by atoms with E-state index in [9.17, 15) is 13.2 Å². The number of aromatic nitrogens is 2. The molecule has 0 aliphatic carbocycles. The molecule has 6 heteroatoms.